The molecule has 0 atom stereocenters. The molecule has 1 aliphatic carbocycles. The summed E-state index contributed by atoms with van der Waals surface area (Å²) in [5.74, 6) is 1.95. The summed E-state index contributed by atoms with van der Waals surface area (Å²) in [5.41, 5.74) is 2.08. The van der Waals surface area contributed by atoms with Gasteiger partial charge in [-0.05, 0) is 44.4 Å². The van der Waals surface area contributed by atoms with E-state index in [-0.39, 0.29) is 12.0 Å². The van der Waals surface area contributed by atoms with Gasteiger partial charge in [-0.2, -0.15) is 5.10 Å². The SMILES string of the molecule is CC(C)Oc1ccc(CC(=O)Nc2cc(C3CCC3)[nH]n2)cc1. The van der Waals surface area contributed by atoms with Crippen molar-refractivity contribution in [3.8, 4) is 5.75 Å². The van der Waals surface area contributed by atoms with E-state index in [2.05, 4.69) is 15.5 Å². The molecule has 0 bridgehead atoms. The maximum atomic E-state index is 12.1. The van der Waals surface area contributed by atoms with Gasteiger partial charge in [0.25, 0.3) is 0 Å². The Labute approximate surface area is 136 Å². The second-order valence-corrected chi connectivity index (χ2v) is 6.37. The van der Waals surface area contributed by atoms with Crippen molar-refractivity contribution in [3.05, 3.63) is 41.6 Å². The van der Waals surface area contributed by atoms with Crippen molar-refractivity contribution in [3.63, 3.8) is 0 Å². The fourth-order valence-corrected chi connectivity index (χ4v) is 2.66. The summed E-state index contributed by atoms with van der Waals surface area (Å²) in [6.45, 7) is 3.98. The normalized spacial score (nSPS) is 14.6. The number of ether oxygens (including phenoxy) is 1. The van der Waals surface area contributed by atoms with Gasteiger partial charge in [0.2, 0.25) is 5.91 Å². The first-order chi connectivity index (χ1) is 11.1. The largest absolute Gasteiger partial charge is 0.491 e. The number of carbonyl (C=O) groups excluding carboxylic acids is 1. The summed E-state index contributed by atoms with van der Waals surface area (Å²) in [6, 6.07) is 9.57. The third-order valence-electron chi connectivity index (χ3n) is 4.07. The van der Waals surface area contributed by atoms with Gasteiger partial charge in [0.1, 0.15) is 5.75 Å². The molecule has 0 spiro atoms. The van der Waals surface area contributed by atoms with E-state index in [0.29, 0.717) is 18.2 Å². The van der Waals surface area contributed by atoms with Gasteiger partial charge in [0.05, 0.1) is 12.5 Å². The van der Waals surface area contributed by atoms with E-state index in [0.717, 1.165) is 17.0 Å². The summed E-state index contributed by atoms with van der Waals surface area (Å²) in [4.78, 5) is 12.1. The number of nitrogens with zero attached hydrogens (tertiary/aromatic N) is 1. The number of rotatable bonds is 6. The Hall–Kier alpha value is -2.30. The molecule has 1 saturated carbocycles. The van der Waals surface area contributed by atoms with Crippen LogP contribution in [-0.4, -0.2) is 22.2 Å². The lowest BCUT2D eigenvalue weighted by molar-refractivity contribution is -0.115. The maximum absolute atomic E-state index is 12.1. The minimum absolute atomic E-state index is 0.0609. The summed E-state index contributed by atoms with van der Waals surface area (Å²) < 4.78 is 5.60. The first kappa shape index (κ1) is 15.6. The van der Waals surface area contributed by atoms with Gasteiger partial charge in [-0.1, -0.05) is 18.6 Å². The molecule has 1 aromatic heterocycles. The quantitative estimate of drug-likeness (QED) is 0.855. The number of H-pyrrole nitrogens is 1. The minimum Gasteiger partial charge on any atom is -0.491 e. The van der Waals surface area contributed by atoms with E-state index in [1.165, 1.54) is 19.3 Å². The summed E-state index contributed by atoms with van der Waals surface area (Å²) >= 11 is 0. The van der Waals surface area contributed by atoms with Crippen LogP contribution in [-0.2, 0) is 11.2 Å². The van der Waals surface area contributed by atoms with Crippen molar-refractivity contribution in [2.45, 2.75) is 51.6 Å². The zero-order valence-electron chi connectivity index (χ0n) is 13.6. The fourth-order valence-electron chi connectivity index (χ4n) is 2.66. The van der Waals surface area contributed by atoms with Gasteiger partial charge in [0, 0.05) is 17.7 Å². The Kier molecular flexibility index (Phi) is 4.65. The molecule has 0 unspecified atom stereocenters. The number of amides is 1. The Morgan fingerprint density at radius 3 is 2.70 bits per heavy atom. The average molecular weight is 313 g/mol. The highest BCUT2D eigenvalue weighted by Crippen LogP contribution is 2.35. The van der Waals surface area contributed by atoms with Gasteiger partial charge in [-0.25, -0.2) is 0 Å². The van der Waals surface area contributed by atoms with Gasteiger partial charge in [0.15, 0.2) is 5.82 Å². The molecule has 0 saturated heterocycles. The van der Waals surface area contributed by atoms with Gasteiger partial charge < -0.3 is 10.1 Å². The van der Waals surface area contributed by atoms with E-state index < -0.39 is 0 Å². The van der Waals surface area contributed by atoms with E-state index in [9.17, 15) is 4.79 Å². The number of nitrogens with one attached hydrogen (secondary N) is 2. The minimum atomic E-state index is -0.0609. The zero-order valence-corrected chi connectivity index (χ0v) is 13.6. The number of aromatic amines is 1. The van der Waals surface area contributed by atoms with Crippen molar-refractivity contribution in [2.75, 3.05) is 5.32 Å². The van der Waals surface area contributed by atoms with Crippen LogP contribution in [0.3, 0.4) is 0 Å². The molecule has 1 fully saturated rings. The van der Waals surface area contributed by atoms with E-state index >= 15 is 0 Å². The molecule has 5 heteroatoms. The monoisotopic (exact) mass is 313 g/mol. The predicted octanol–water partition coefficient (Wildman–Crippen LogP) is 3.65. The number of aromatic nitrogens is 2. The topological polar surface area (TPSA) is 67.0 Å². The van der Waals surface area contributed by atoms with Crippen molar-refractivity contribution in [1.82, 2.24) is 10.2 Å². The molecule has 1 aromatic carbocycles. The van der Waals surface area contributed by atoms with Crippen LogP contribution < -0.4 is 10.1 Å². The molecule has 0 aliphatic heterocycles. The second kappa shape index (κ2) is 6.86. The summed E-state index contributed by atoms with van der Waals surface area (Å²) in [5, 5.41) is 10.0. The van der Waals surface area contributed by atoms with Crippen LogP contribution in [0.15, 0.2) is 30.3 Å². The lowest BCUT2D eigenvalue weighted by Gasteiger charge is -2.23. The molecule has 5 nitrogen and oxygen atoms in total. The Bertz CT molecular complexity index is 657. The van der Waals surface area contributed by atoms with Gasteiger partial charge in [-0.3, -0.25) is 9.89 Å². The van der Waals surface area contributed by atoms with Crippen molar-refractivity contribution in [2.24, 2.45) is 0 Å². The van der Waals surface area contributed by atoms with Crippen molar-refractivity contribution < 1.29 is 9.53 Å². The van der Waals surface area contributed by atoms with E-state index in [4.69, 9.17) is 4.74 Å². The molecular formula is C18H23N3O2. The molecule has 23 heavy (non-hydrogen) atoms. The highest BCUT2D eigenvalue weighted by Gasteiger charge is 2.21. The third-order valence-corrected chi connectivity index (χ3v) is 4.07. The highest BCUT2D eigenvalue weighted by molar-refractivity contribution is 5.91. The van der Waals surface area contributed by atoms with Crippen molar-refractivity contribution >= 4 is 11.7 Å². The maximum Gasteiger partial charge on any atom is 0.229 e. The fraction of sp³-hybridized carbons (Fsp3) is 0.444. The predicted molar refractivity (Wildman–Crippen MR) is 89.7 cm³/mol. The van der Waals surface area contributed by atoms with Crippen LogP contribution in [0.25, 0.3) is 0 Å². The highest BCUT2D eigenvalue weighted by atomic mass is 16.5. The van der Waals surface area contributed by atoms with Crippen LogP contribution in [0.5, 0.6) is 5.75 Å². The molecule has 1 heterocycles. The molecule has 2 N–H and O–H groups in total. The first-order valence-electron chi connectivity index (χ1n) is 8.21. The standard InChI is InChI=1S/C18H23N3O2/c1-12(2)23-15-8-6-13(7-9-15)10-18(22)19-17-11-16(20-21-17)14-4-3-5-14/h6-9,11-12,14H,3-5,10H2,1-2H3,(H2,19,20,21,22). The van der Waals surface area contributed by atoms with E-state index in [1.54, 1.807) is 0 Å². The second-order valence-electron chi connectivity index (χ2n) is 6.37. The third kappa shape index (κ3) is 4.12. The van der Waals surface area contributed by atoms with E-state index in [1.807, 2.05) is 44.2 Å². The number of hydrogen-bond donors (Lipinski definition) is 2. The number of anilines is 1. The zero-order chi connectivity index (χ0) is 16.2. The van der Waals surface area contributed by atoms with Crippen LogP contribution in [0.1, 0.15) is 50.3 Å². The van der Waals surface area contributed by atoms with Crippen molar-refractivity contribution in [1.29, 1.82) is 0 Å². The number of hydrogen-bond acceptors (Lipinski definition) is 3. The Morgan fingerprint density at radius 1 is 1.35 bits per heavy atom. The molecular weight excluding hydrogens is 290 g/mol. The number of benzene rings is 1. The molecule has 122 valence electrons. The first-order valence-corrected chi connectivity index (χ1v) is 8.21. The molecule has 2 aromatic rings. The molecule has 1 amide bonds. The average Bonchev–Trinajstić information content (AvgIpc) is 2.86. The smallest absolute Gasteiger partial charge is 0.229 e. The van der Waals surface area contributed by atoms with Gasteiger partial charge in [-0.15, -0.1) is 0 Å². The lowest BCUT2D eigenvalue weighted by Crippen LogP contribution is -2.14. The Morgan fingerprint density at radius 2 is 2.09 bits per heavy atom. The molecule has 3 rings (SSSR count). The Balaban J connectivity index is 1.53. The van der Waals surface area contributed by atoms with Crippen LogP contribution in [0.4, 0.5) is 5.82 Å². The van der Waals surface area contributed by atoms with Crippen LogP contribution in [0.2, 0.25) is 0 Å². The van der Waals surface area contributed by atoms with Gasteiger partial charge >= 0.3 is 0 Å². The lowest BCUT2D eigenvalue weighted by atomic mass is 9.83. The summed E-state index contributed by atoms with van der Waals surface area (Å²) in [7, 11) is 0. The summed E-state index contributed by atoms with van der Waals surface area (Å²) in [6.07, 6.45) is 4.17. The molecule has 0 radical (unpaired) electrons. The number of carbonyl (C=O) groups is 1. The molecule has 1 aliphatic rings. The van der Waals surface area contributed by atoms with Crippen LogP contribution >= 0.6 is 0 Å². The van der Waals surface area contributed by atoms with Crippen LogP contribution in [0, 0.1) is 0 Å².